The molecule has 28 heavy (non-hydrogen) atoms. The smallest absolute Gasteiger partial charge is 0.293 e. The van der Waals surface area contributed by atoms with E-state index in [-0.39, 0.29) is 5.76 Å². The lowest BCUT2D eigenvalue weighted by Crippen LogP contribution is -2.10. The van der Waals surface area contributed by atoms with Crippen molar-refractivity contribution in [3.63, 3.8) is 0 Å². The van der Waals surface area contributed by atoms with Crippen LogP contribution in [0.2, 0.25) is 5.02 Å². The topological polar surface area (TPSA) is 55.1 Å². The van der Waals surface area contributed by atoms with Crippen LogP contribution in [0.3, 0.4) is 0 Å². The second-order valence-corrected chi connectivity index (χ2v) is 7.52. The van der Waals surface area contributed by atoms with Crippen molar-refractivity contribution in [2.24, 2.45) is 0 Å². The zero-order valence-corrected chi connectivity index (χ0v) is 16.1. The zero-order chi connectivity index (χ0) is 19.5. The van der Waals surface area contributed by atoms with Crippen LogP contribution in [0.25, 0.3) is 11.3 Å². The number of amides is 1. The number of hydrogen-bond donors (Lipinski definition) is 1. The number of halogens is 2. The van der Waals surface area contributed by atoms with Crippen LogP contribution in [0.15, 0.2) is 71.3 Å². The Labute approximate surface area is 169 Å². The van der Waals surface area contributed by atoms with E-state index in [1.54, 1.807) is 30.5 Å². The molecule has 4 rings (SSSR count). The predicted octanol–water partition coefficient (Wildman–Crippen LogP) is 6.04. The van der Waals surface area contributed by atoms with Gasteiger partial charge in [-0.05, 0) is 35.9 Å². The number of benzene rings is 2. The maximum Gasteiger partial charge on any atom is 0.293 e. The first kappa shape index (κ1) is 18.4. The molecule has 0 radical (unpaired) electrons. The van der Waals surface area contributed by atoms with Crippen molar-refractivity contribution in [3.8, 4) is 11.3 Å². The number of furan rings is 1. The fourth-order valence-corrected chi connectivity index (χ4v) is 3.73. The molecule has 0 saturated heterocycles. The van der Waals surface area contributed by atoms with Gasteiger partial charge in [0.15, 0.2) is 10.9 Å². The van der Waals surface area contributed by atoms with E-state index in [0.29, 0.717) is 27.9 Å². The fourth-order valence-electron chi connectivity index (χ4n) is 2.70. The molecule has 2 aromatic carbocycles. The predicted molar refractivity (Wildman–Crippen MR) is 108 cm³/mol. The largest absolute Gasteiger partial charge is 0.451 e. The maximum absolute atomic E-state index is 13.9. The Hall–Kier alpha value is -2.96. The first-order valence-electron chi connectivity index (χ1n) is 8.44. The highest BCUT2D eigenvalue weighted by molar-refractivity contribution is 7.15. The van der Waals surface area contributed by atoms with Crippen molar-refractivity contribution in [2.75, 3.05) is 5.32 Å². The van der Waals surface area contributed by atoms with Crippen LogP contribution in [0.1, 0.15) is 21.0 Å². The van der Waals surface area contributed by atoms with Gasteiger partial charge in [0.25, 0.3) is 5.91 Å². The van der Waals surface area contributed by atoms with E-state index in [1.165, 1.54) is 23.5 Å². The normalized spacial score (nSPS) is 10.8. The molecule has 4 aromatic rings. The van der Waals surface area contributed by atoms with Crippen molar-refractivity contribution < 1.29 is 13.6 Å². The maximum atomic E-state index is 13.9. The third kappa shape index (κ3) is 3.98. The molecule has 2 heterocycles. The lowest BCUT2D eigenvalue weighted by Gasteiger charge is -2.01. The summed E-state index contributed by atoms with van der Waals surface area (Å²) in [6.45, 7) is 0. The summed E-state index contributed by atoms with van der Waals surface area (Å²) in [7, 11) is 0. The molecule has 0 spiro atoms. The molecular formula is C21H14ClFN2O2S. The van der Waals surface area contributed by atoms with Crippen LogP contribution in [0, 0.1) is 5.82 Å². The molecule has 1 N–H and O–H groups in total. The van der Waals surface area contributed by atoms with Crippen LogP contribution < -0.4 is 5.32 Å². The highest BCUT2D eigenvalue weighted by Gasteiger charge is 2.16. The minimum Gasteiger partial charge on any atom is -0.451 e. The Morgan fingerprint density at radius 1 is 1.11 bits per heavy atom. The second-order valence-electron chi connectivity index (χ2n) is 6.00. The van der Waals surface area contributed by atoms with Crippen molar-refractivity contribution >= 4 is 34.0 Å². The first-order valence-corrected chi connectivity index (χ1v) is 9.64. The first-order chi connectivity index (χ1) is 13.6. The van der Waals surface area contributed by atoms with Crippen molar-refractivity contribution in [3.05, 3.63) is 93.9 Å². The quantitative estimate of drug-likeness (QED) is 0.434. The number of nitrogens with one attached hydrogen (secondary N) is 1. The molecule has 0 atom stereocenters. The van der Waals surface area contributed by atoms with Gasteiger partial charge >= 0.3 is 0 Å². The third-order valence-corrected chi connectivity index (χ3v) is 5.35. The number of hydrogen-bond acceptors (Lipinski definition) is 4. The molecule has 0 aliphatic carbocycles. The van der Waals surface area contributed by atoms with E-state index >= 15 is 0 Å². The van der Waals surface area contributed by atoms with Crippen LogP contribution in [-0.4, -0.2) is 10.9 Å². The Morgan fingerprint density at radius 3 is 2.71 bits per heavy atom. The van der Waals surface area contributed by atoms with Crippen LogP contribution >= 0.6 is 22.9 Å². The minimum absolute atomic E-state index is 0.0844. The molecule has 0 aliphatic heterocycles. The van der Waals surface area contributed by atoms with Crippen molar-refractivity contribution in [1.82, 2.24) is 4.98 Å². The van der Waals surface area contributed by atoms with E-state index in [2.05, 4.69) is 10.3 Å². The van der Waals surface area contributed by atoms with Gasteiger partial charge < -0.3 is 4.42 Å². The number of rotatable bonds is 5. The number of nitrogens with zero attached hydrogens (tertiary/aromatic N) is 1. The van der Waals surface area contributed by atoms with E-state index in [0.717, 1.165) is 10.4 Å². The Balaban J connectivity index is 1.46. The van der Waals surface area contributed by atoms with E-state index in [1.807, 2.05) is 24.3 Å². The molecule has 0 fully saturated rings. The molecule has 4 nitrogen and oxygen atoms in total. The van der Waals surface area contributed by atoms with Crippen molar-refractivity contribution in [1.29, 1.82) is 0 Å². The standard InChI is InChI=1S/C21H14ClFN2O2S/c22-16-7-3-1-5-13(16)11-14-12-24-21(28-14)25-20(26)19-10-9-18(27-19)15-6-2-4-8-17(15)23/h1-10,12H,11H2,(H,24,25,26). The summed E-state index contributed by atoms with van der Waals surface area (Å²) in [5, 5.41) is 3.85. The summed E-state index contributed by atoms with van der Waals surface area (Å²) in [5.41, 5.74) is 1.30. The molecule has 2 aromatic heterocycles. The SMILES string of the molecule is O=C(Nc1ncc(Cc2ccccc2Cl)s1)c1ccc(-c2ccccc2F)o1. The highest BCUT2D eigenvalue weighted by Crippen LogP contribution is 2.27. The molecular weight excluding hydrogens is 399 g/mol. The average Bonchev–Trinajstić information content (AvgIpc) is 3.34. The average molecular weight is 413 g/mol. The summed E-state index contributed by atoms with van der Waals surface area (Å²) in [6.07, 6.45) is 2.34. The second kappa shape index (κ2) is 7.96. The third-order valence-electron chi connectivity index (χ3n) is 4.07. The minimum atomic E-state index is -0.443. The molecule has 0 bridgehead atoms. The summed E-state index contributed by atoms with van der Waals surface area (Å²) in [6, 6.07) is 16.9. The molecule has 0 saturated carbocycles. The number of thiazole rings is 1. The van der Waals surface area contributed by atoms with E-state index < -0.39 is 11.7 Å². The van der Waals surface area contributed by atoms with Gasteiger partial charge in [-0.1, -0.05) is 41.9 Å². The lowest BCUT2D eigenvalue weighted by atomic mass is 10.1. The van der Waals surface area contributed by atoms with Crippen LogP contribution in [0.5, 0.6) is 0 Å². The molecule has 1 amide bonds. The fraction of sp³-hybridized carbons (Fsp3) is 0.0476. The molecule has 7 heteroatoms. The Bertz CT molecular complexity index is 1140. The van der Waals surface area contributed by atoms with Crippen LogP contribution in [0.4, 0.5) is 9.52 Å². The Morgan fingerprint density at radius 2 is 1.89 bits per heavy atom. The van der Waals surface area contributed by atoms with E-state index in [9.17, 15) is 9.18 Å². The van der Waals surface area contributed by atoms with Gasteiger partial charge in [0, 0.05) is 22.5 Å². The summed E-state index contributed by atoms with van der Waals surface area (Å²) >= 11 is 7.55. The van der Waals surface area contributed by atoms with Crippen molar-refractivity contribution in [2.45, 2.75) is 6.42 Å². The number of carbonyl (C=O) groups is 1. The van der Waals surface area contributed by atoms with Gasteiger partial charge in [-0.2, -0.15) is 0 Å². The van der Waals surface area contributed by atoms with Gasteiger partial charge in [0.1, 0.15) is 11.6 Å². The molecule has 0 aliphatic rings. The number of anilines is 1. The zero-order valence-electron chi connectivity index (χ0n) is 14.5. The number of aromatic nitrogens is 1. The van der Waals surface area contributed by atoms with Gasteiger partial charge in [-0.3, -0.25) is 10.1 Å². The lowest BCUT2D eigenvalue weighted by molar-refractivity contribution is 0.0997. The van der Waals surface area contributed by atoms with E-state index in [4.69, 9.17) is 16.0 Å². The summed E-state index contributed by atoms with van der Waals surface area (Å²) in [4.78, 5) is 17.6. The monoisotopic (exact) mass is 412 g/mol. The molecule has 0 unspecified atom stereocenters. The summed E-state index contributed by atoms with van der Waals surface area (Å²) < 4.78 is 19.4. The van der Waals surface area contributed by atoms with Gasteiger partial charge in [-0.15, -0.1) is 11.3 Å². The number of carbonyl (C=O) groups excluding carboxylic acids is 1. The van der Waals surface area contributed by atoms with Gasteiger partial charge in [0.2, 0.25) is 0 Å². The van der Waals surface area contributed by atoms with Gasteiger partial charge in [-0.25, -0.2) is 9.37 Å². The molecule has 140 valence electrons. The van der Waals surface area contributed by atoms with Gasteiger partial charge in [0.05, 0.1) is 5.56 Å². The Kier molecular flexibility index (Phi) is 5.23. The highest BCUT2D eigenvalue weighted by atomic mass is 35.5. The van der Waals surface area contributed by atoms with Crippen LogP contribution in [-0.2, 0) is 6.42 Å². The summed E-state index contributed by atoms with van der Waals surface area (Å²) in [5.74, 6) is -0.475.